The highest BCUT2D eigenvalue weighted by Crippen LogP contribution is 2.17. The summed E-state index contributed by atoms with van der Waals surface area (Å²) >= 11 is 0. The van der Waals surface area contributed by atoms with E-state index in [-0.39, 0.29) is 24.5 Å². The smallest absolute Gasteiger partial charge is 0.260 e. The second-order valence-electron chi connectivity index (χ2n) is 7.34. The minimum atomic E-state index is -0.0424. The molecule has 1 aromatic carbocycles. The molecule has 2 fully saturated rings. The zero-order valence-electron chi connectivity index (χ0n) is 15.5. The molecule has 6 heteroatoms. The van der Waals surface area contributed by atoms with Gasteiger partial charge in [-0.1, -0.05) is 17.7 Å². The summed E-state index contributed by atoms with van der Waals surface area (Å²) in [7, 11) is 0. The molecule has 2 aliphatic rings. The number of likely N-dealkylation sites (tertiary alicyclic amines) is 1. The first-order chi connectivity index (χ1) is 12.6. The minimum absolute atomic E-state index is 0.0130. The molecular formula is C20H29N3O3. The van der Waals surface area contributed by atoms with Crippen LogP contribution in [0.1, 0.15) is 31.2 Å². The summed E-state index contributed by atoms with van der Waals surface area (Å²) in [6.07, 6.45) is 3.99. The van der Waals surface area contributed by atoms with Crippen LogP contribution in [0.25, 0.3) is 0 Å². The van der Waals surface area contributed by atoms with Crippen molar-refractivity contribution in [2.45, 2.75) is 38.6 Å². The van der Waals surface area contributed by atoms with Gasteiger partial charge in [-0.3, -0.25) is 9.59 Å². The molecule has 0 spiro atoms. The molecule has 0 aromatic heterocycles. The number of hydrogen-bond donors (Lipinski definition) is 2. The Kier molecular flexibility index (Phi) is 6.50. The van der Waals surface area contributed by atoms with E-state index in [0.717, 1.165) is 44.3 Å². The largest absolute Gasteiger partial charge is 0.484 e. The van der Waals surface area contributed by atoms with Crippen molar-refractivity contribution in [1.29, 1.82) is 0 Å². The molecular weight excluding hydrogens is 330 g/mol. The number of carbonyl (C=O) groups excluding carboxylic acids is 2. The van der Waals surface area contributed by atoms with Gasteiger partial charge in [0, 0.05) is 19.6 Å². The van der Waals surface area contributed by atoms with E-state index in [1.807, 2.05) is 36.1 Å². The van der Waals surface area contributed by atoms with Crippen molar-refractivity contribution < 1.29 is 14.3 Å². The first-order valence-electron chi connectivity index (χ1n) is 9.60. The fourth-order valence-corrected chi connectivity index (χ4v) is 3.61. The lowest BCUT2D eigenvalue weighted by atomic mass is 9.97. The van der Waals surface area contributed by atoms with Gasteiger partial charge in [-0.2, -0.15) is 0 Å². The van der Waals surface area contributed by atoms with Crippen LogP contribution in [-0.2, 0) is 9.59 Å². The Morgan fingerprint density at radius 3 is 2.77 bits per heavy atom. The summed E-state index contributed by atoms with van der Waals surface area (Å²) in [5, 5.41) is 6.26. The van der Waals surface area contributed by atoms with E-state index in [1.54, 1.807) is 0 Å². The van der Waals surface area contributed by atoms with E-state index in [4.69, 9.17) is 4.74 Å². The lowest BCUT2D eigenvalue weighted by Gasteiger charge is -2.33. The molecule has 6 nitrogen and oxygen atoms in total. The standard InChI is InChI=1S/C20H29N3O3/c1-15-6-8-17(9-7-15)26-14-19(24)23-11-3-4-16(13-23)12-22-20(25)18-5-2-10-21-18/h6-9,16,18,21H,2-5,10-14H2,1H3,(H,22,25). The third-order valence-corrected chi connectivity index (χ3v) is 5.20. The van der Waals surface area contributed by atoms with Crippen molar-refractivity contribution in [3.05, 3.63) is 29.8 Å². The highest BCUT2D eigenvalue weighted by atomic mass is 16.5. The number of rotatable bonds is 6. The van der Waals surface area contributed by atoms with Gasteiger partial charge in [0.2, 0.25) is 5.91 Å². The van der Waals surface area contributed by atoms with Crippen LogP contribution in [0.4, 0.5) is 0 Å². The predicted octanol–water partition coefficient (Wildman–Crippen LogP) is 1.48. The molecule has 2 unspecified atom stereocenters. The van der Waals surface area contributed by atoms with Crippen molar-refractivity contribution in [2.75, 3.05) is 32.8 Å². The van der Waals surface area contributed by atoms with E-state index in [2.05, 4.69) is 10.6 Å². The van der Waals surface area contributed by atoms with Crippen molar-refractivity contribution >= 4 is 11.8 Å². The summed E-state index contributed by atoms with van der Waals surface area (Å²) in [4.78, 5) is 26.4. The van der Waals surface area contributed by atoms with Gasteiger partial charge in [-0.05, 0) is 57.2 Å². The van der Waals surface area contributed by atoms with Crippen molar-refractivity contribution in [1.82, 2.24) is 15.5 Å². The summed E-state index contributed by atoms with van der Waals surface area (Å²) in [6, 6.07) is 7.67. The molecule has 0 aliphatic carbocycles. The van der Waals surface area contributed by atoms with E-state index < -0.39 is 0 Å². The van der Waals surface area contributed by atoms with E-state index in [9.17, 15) is 9.59 Å². The molecule has 2 heterocycles. The van der Waals surface area contributed by atoms with Crippen LogP contribution < -0.4 is 15.4 Å². The van der Waals surface area contributed by atoms with Crippen LogP contribution >= 0.6 is 0 Å². The lowest BCUT2D eigenvalue weighted by Crippen LogP contribution is -2.47. The van der Waals surface area contributed by atoms with Crippen LogP contribution in [0.2, 0.25) is 0 Å². The van der Waals surface area contributed by atoms with Crippen LogP contribution in [0.15, 0.2) is 24.3 Å². The normalized spacial score (nSPS) is 22.9. The van der Waals surface area contributed by atoms with Crippen molar-refractivity contribution in [3.63, 3.8) is 0 Å². The fourth-order valence-electron chi connectivity index (χ4n) is 3.61. The first-order valence-corrected chi connectivity index (χ1v) is 9.60. The molecule has 0 bridgehead atoms. The quantitative estimate of drug-likeness (QED) is 0.807. The number of hydrogen-bond acceptors (Lipinski definition) is 4. The molecule has 0 radical (unpaired) electrons. The second kappa shape index (κ2) is 9.03. The lowest BCUT2D eigenvalue weighted by molar-refractivity contribution is -0.135. The minimum Gasteiger partial charge on any atom is -0.484 e. The molecule has 142 valence electrons. The van der Waals surface area contributed by atoms with Gasteiger partial charge in [-0.15, -0.1) is 0 Å². The van der Waals surface area contributed by atoms with Gasteiger partial charge in [-0.25, -0.2) is 0 Å². The molecule has 2 aliphatic heterocycles. The van der Waals surface area contributed by atoms with Crippen LogP contribution in [0.5, 0.6) is 5.75 Å². The van der Waals surface area contributed by atoms with Crippen molar-refractivity contribution in [3.8, 4) is 5.75 Å². The Morgan fingerprint density at radius 1 is 1.23 bits per heavy atom. The van der Waals surface area contributed by atoms with Gasteiger partial charge >= 0.3 is 0 Å². The number of nitrogens with zero attached hydrogens (tertiary/aromatic N) is 1. The summed E-state index contributed by atoms with van der Waals surface area (Å²) in [5.41, 5.74) is 1.16. The molecule has 26 heavy (non-hydrogen) atoms. The van der Waals surface area contributed by atoms with Crippen molar-refractivity contribution in [2.24, 2.45) is 5.92 Å². The number of piperidine rings is 1. The van der Waals surface area contributed by atoms with Gasteiger partial charge in [0.1, 0.15) is 5.75 Å². The molecule has 2 N–H and O–H groups in total. The Bertz CT molecular complexity index is 611. The Labute approximate surface area is 155 Å². The highest BCUT2D eigenvalue weighted by molar-refractivity contribution is 5.82. The van der Waals surface area contributed by atoms with Crippen LogP contribution in [0.3, 0.4) is 0 Å². The van der Waals surface area contributed by atoms with Crippen LogP contribution in [0, 0.1) is 12.8 Å². The van der Waals surface area contributed by atoms with Crippen LogP contribution in [-0.4, -0.2) is 55.5 Å². The maximum Gasteiger partial charge on any atom is 0.260 e. The third kappa shape index (κ3) is 5.21. The number of nitrogens with one attached hydrogen (secondary N) is 2. The maximum atomic E-state index is 12.4. The Balaban J connectivity index is 1.41. The average molecular weight is 359 g/mol. The van der Waals surface area contributed by atoms with E-state index in [0.29, 0.717) is 24.8 Å². The van der Waals surface area contributed by atoms with Gasteiger partial charge in [0.25, 0.3) is 5.91 Å². The number of amides is 2. The zero-order valence-corrected chi connectivity index (χ0v) is 15.5. The maximum absolute atomic E-state index is 12.4. The SMILES string of the molecule is Cc1ccc(OCC(=O)N2CCCC(CNC(=O)C3CCCN3)C2)cc1. The topological polar surface area (TPSA) is 70.7 Å². The fraction of sp³-hybridized carbons (Fsp3) is 0.600. The molecule has 0 saturated carbocycles. The zero-order chi connectivity index (χ0) is 18.4. The molecule has 3 rings (SSSR count). The van der Waals surface area contributed by atoms with Gasteiger partial charge in [0.05, 0.1) is 6.04 Å². The van der Waals surface area contributed by atoms with E-state index in [1.165, 1.54) is 0 Å². The number of benzene rings is 1. The Hall–Kier alpha value is -2.08. The summed E-state index contributed by atoms with van der Waals surface area (Å²) < 4.78 is 5.61. The molecule has 1 aromatic rings. The van der Waals surface area contributed by atoms with Gasteiger partial charge < -0.3 is 20.3 Å². The predicted molar refractivity (Wildman–Crippen MR) is 100 cm³/mol. The first kappa shape index (κ1) is 18.7. The van der Waals surface area contributed by atoms with Gasteiger partial charge in [0.15, 0.2) is 6.61 Å². The summed E-state index contributed by atoms with van der Waals surface area (Å²) in [6.45, 7) is 5.10. The third-order valence-electron chi connectivity index (χ3n) is 5.20. The molecule has 2 amide bonds. The van der Waals surface area contributed by atoms with E-state index >= 15 is 0 Å². The second-order valence-corrected chi connectivity index (χ2v) is 7.34. The summed E-state index contributed by atoms with van der Waals surface area (Å²) in [5.74, 6) is 1.14. The molecule has 2 atom stereocenters. The number of ether oxygens (including phenoxy) is 1. The Morgan fingerprint density at radius 2 is 2.04 bits per heavy atom. The monoisotopic (exact) mass is 359 g/mol. The molecule has 2 saturated heterocycles. The number of carbonyl (C=O) groups is 2. The number of aryl methyl sites for hydroxylation is 1. The average Bonchev–Trinajstić information content (AvgIpc) is 3.20. The highest BCUT2D eigenvalue weighted by Gasteiger charge is 2.26.